The van der Waals surface area contributed by atoms with E-state index >= 15 is 0 Å². The van der Waals surface area contributed by atoms with Crippen molar-refractivity contribution in [1.82, 2.24) is 0 Å². The minimum Gasteiger partial charge on any atom is -0.462 e. The Morgan fingerprint density at radius 1 is 0.284 bits per heavy atom. The molecule has 74 heavy (non-hydrogen) atoms. The van der Waals surface area contributed by atoms with Crippen molar-refractivity contribution in [3.8, 4) is 0 Å². The topological polar surface area (TPSA) is 78.9 Å². The van der Waals surface area contributed by atoms with E-state index in [9.17, 15) is 14.4 Å². The van der Waals surface area contributed by atoms with Crippen LogP contribution in [0.1, 0.15) is 284 Å². The number of esters is 3. The van der Waals surface area contributed by atoms with Gasteiger partial charge in [0.05, 0.1) is 0 Å². The van der Waals surface area contributed by atoms with Gasteiger partial charge in [-0.3, -0.25) is 14.4 Å². The third kappa shape index (κ3) is 59.0. The first kappa shape index (κ1) is 70.1. The molecule has 422 valence electrons. The van der Waals surface area contributed by atoms with Crippen molar-refractivity contribution < 1.29 is 28.6 Å². The summed E-state index contributed by atoms with van der Waals surface area (Å²) in [4.78, 5) is 38.2. The van der Waals surface area contributed by atoms with Crippen LogP contribution >= 0.6 is 0 Å². The normalized spacial score (nSPS) is 12.9. The second-order valence-corrected chi connectivity index (χ2v) is 20.2. The smallest absolute Gasteiger partial charge is 0.306 e. The Kier molecular flexibility index (Phi) is 58.3. The monoisotopic (exact) mass is 1030 g/mol. The number of hydrogen-bond donors (Lipinski definition) is 0. The van der Waals surface area contributed by atoms with Gasteiger partial charge < -0.3 is 14.2 Å². The van der Waals surface area contributed by atoms with Crippen molar-refractivity contribution in [2.75, 3.05) is 13.2 Å². The maximum atomic E-state index is 12.9. The van der Waals surface area contributed by atoms with Crippen LogP contribution in [0.25, 0.3) is 0 Å². The molecular weight excluding hydrogens is 913 g/mol. The van der Waals surface area contributed by atoms with Gasteiger partial charge in [-0.05, 0) is 116 Å². The van der Waals surface area contributed by atoms with Crippen LogP contribution < -0.4 is 0 Å². The molecule has 0 rings (SSSR count). The standard InChI is InChI=1S/C68H114O6/c1-4-7-10-13-16-19-22-25-28-30-32-33-34-35-37-38-40-43-46-49-52-55-58-61-67(70)73-64-65(63-72-66(69)60-57-54-51-48-45-42-27-24-21-18-15-12-9-6-3)74-68(71)62-59-56-53-50-47-44-41-39-36-31-29-26-23-20-17-14-11-8-5-2/h8,11,17,20,22,24-27,29-30,32,36,39,44,47,53,56,65H,4-7,9-10,12-16,18-19,21,23,28,31,33-35,37-38,40-43,45-46,48-52,54-55,57-64H2,1-3H3/b11-8-,20-17-,25-22-,27-24-,29-26-,32-30-,39-36-,47-44-,56-53-. The van der Waals surface area contributed by atoms with Gasteiger partial charge >= 0.3 is 17.9 Å². The molecule has 0 saturated heterocycles. The third-order valence-electron chi connectivity index (χ3n) is 13.0. The SMILES string of the molecule is CC/C=C\C/C=C\C/C=C\C/C=C\C/C=C\C/C=C\CCC(=O)OC(COC(=O)CCCCCCC/C=C\CCCCCCC)COC(=O)CCCCCCCCCCCCC/C=C\C/C=C\CCCCCCC. The lowest BCUT2D eigenvalue weighted by molar-refractivity contribution is -0.166. The van der Waals surface area contributed by atoms with Gasteiger partial charge in [-0.2, -0.15) is 0 Å². The molecule has 0 heterocycles. The Morgan fingerprint density at radius 2 is 0.554 bits per heavy atom. The Hall–Kier alpha value is -3.93. The summed E-state index contributed by atoms with van der Waals surface area (Å²) in [7, 11) is 0. The molecule has 0 radical (unpaired) electrons. The molecule has 6 heteroatoms. The van der Waals surface area contributed by atoms with Gasteiger partial charge in [-0.15, -0.1) is 0 Å². The number of carbonyl (C=O) groups excluding carboxylic acids is 3. The van der Waals surface area contributed by atoms with Crippen LogP contribution in [0.5, 0.6) is 0 Å². The minimum absolute atomic E-state index is 0.112. The number of ether oxygens (including phenoxy) is 3. The summed E-state index contributed by atoms with van der Waals surface area (Å²) in [6.07, 6.45) is 83.9. The molecule has 0 aliphatic rings. The summed E-state index contributed by atoms with van der Waals surface area (Å²) < 4.78 is 16.8. The van der Waals surface area contributed by atoms with Gasteiger partial charge in [0.1, 0.15) is 13.2 Å². The first-order valence-corrected chi connectivity index (χ1v) is 30.9. The lowest BCUT2D eigenvalue weighted by Crippen LogP contribution is -2.30. The molecule has 0 fully saturated rings. The molecule has 1 atom stereocenters. The van der Waals surface area contributed by atoms with Crippen LogP contribution in [-0.4, -0.2) is 37.2 Å². The summed E-state index contributed by atoms with van der Waals surface area (Å²) in [6.45, 7) is 6.45. The Labute approximate surface area is 457 Å². The molecule has 0 aromatic rings. The number of allylic oxidation sites excluding steroid dienone is 18. The van der Waals surface area contributed by atoms with E-state index in [4.69, 9.17) is 14.2 Å². The fourth-order valence-electron chi connectivity index (χ4n) is 8.38. The van der Waals surface area contributed by atoms with E-state index in [0.717, 1.165) is 96.3 Å². The molecule has 0 spiro atoms. The van der Waals surface area contributed by atoms with Gasteiger partial charge in [0.25, 0.3) is 0 Å². The summed E-state index contributed by atoms with van der Waals surface area (Å²) in [5.41, 5.74) is 0. The number of carbonyl (C=O) groups is 3. The molecular formula is C68H114O6. The Bertz CT molecular complexity index is 1510. The zero-order valence-electron chi connectivity index (χ0n) is 48.3. The van der Waals surface area contributed by atoms with Crippen LogP contribution in [-0.2, 0) is 28.6 Å². The third-order valence-corrected chi connectivity index (χ3v) is 13.0. The summed E-state index contributed by atoms with van der Waals surface area (Å²) >= 11 is 0. The Balaban J connectivity index is 4.45. The lowest BCUT2D eigenvalue weighted by Gasteiger charge is -2.18. The van der Waals surface area contributed by atoms with Crippen molar-refractivity contribution in [1.29, 1.82) is 0 Å². The zero-order valence-corrected chi connectivity index (χ0v) is 48.3. The average molecular weight is 1030 g/mol. The van der Waals surface area contributed by atoms with Crippen molar-refractivity contribution >= 4 is 17.9 Å². The first-order chi connectivity index (χ1) is 36.5. The van der Waals surface area contributed by atoms with Crippen LogP contribution in [0.4, 0.5) is 0 Å². The van der Waals surface area contributed by atoms with Gasteiger partial charge in [0.15, 0.2) is 6.10 Å². The molecule has 0 amide bonds. The number of rotatable bonds is 55. The van der Waals surface area contributed by atoms with E-state index < -0.39 is 12.1 Å². The Morgan fingerprint density at radius 3 is 0.892 bits per heavy atom. The fraction of sp³-hybridized carbons (Fsp3) is 0.691. The molecule has 6 nitrogen and oxygen atoms in total. The van der Waals surface area contributed by atoms with Crippen LogP contribution in [0.2, 0.25) is 0 Å². The number of unbranched alkanes of at least 4 members (excludes halogenated alkanes) is 26. The van der Waals surface area contributed by atoms with Crippen molar-refractivity contribution in [2.45, 2.75) is 290 Å². The van der Waals surface area contributed by atoms with E-state index in [2.05, 4.69) is 124 Å². The zero-order chi connectivity index (χ0) is 53.6. The minimum atomic E-state index is -0.825. The highest BCUT2D eigenvalue weighted by Crippen LogP contribution is 2.15. The van der Waals surface area contributed by atoms with Gasteiger partial charge in [-0.1, -0.05) is 259 Å². The first-order valence-electron chi connectivity index (χ1n) is 30.9. The highest BCUT2D eigenvalue weighted by Gasteiger charge is 2.19. The molecule has 1 unspecified atom stereocenters. The highest BCUT2D eigenvalue weighted by atomic mass is 16.6. The van der Waals surface area contributed by atoms with Crippen LogP contribution in [0, 0.1) is 0 Å². The summed E-state index contributed by atoms with van der Waals surface area (Å²) in [6, 6.07) is 0. The van der Waals surface area contributed by atoms with E-state index in [1.807, 2.05) is 6.08 Å². The summed E-state index contributed by atoms with van der Waals surface area (Å²) in [5.74, 6) is -1.00. The highest BCUT2D eigenvalue weighted by molar-refractivity contribution is 5.71. The molecule has 0 N–H and O–H groups in total. The van der Waals surface area contributed by atoms with E-state index in [0.29, 0.717) is 19.3 Å². The molecule has 0 bridgehead atoms. The summed E-state index contributed by atoms with van der Waals surface area (Å²) in [5, 5.41) is 0. The quantitative estimate of drug-likeness (QED) is 0.0261. The maximum absolute atomic E-state index is 12.9. The van der Waals surface area contributed by atoms with Crippen LogP contribution in [0.15, 0.2) is 109 Å². The van der Waals surface area contributed by atoms with Gasteiger partial charge in [0, 0.05) is 19.3 Å². The van der Waals surface area contributed by atoms with E-state index in [1.165, 1.54) is 141 Å². The predicted molar refractivity (Wildman–Crippen MR) is 320 cm³/mol. The molecule has 0 aliphatic carbocycles. The maximum Gasteiger partial charge on any atom is 0.306 e. The molecule has 0 aromatic carbocycles. The van der Waals surface area contributed by atoms with Crippen molar-refractivity contribution in [3.05, 3.63) is 109 Å². The average Bonchev–Trinajstić information content (AvgIpc) is 3.40. The fourth-order valence-corrected chi connectivity index (χ4v) is 8.38. The molecule has 0 saturated carbocycles. The number of hydrogen-bond acceptors (Lipinski definition) is 6. The second-order valence-electron chi connectivity index (χ2n) is 20.2. The van der Waals surface area contributed by atoms with Gasteiger partial charge in [-0.25, -0.2) is 0 Å². The van der Waals surface area contributed by atoms with Crippen molar-refractivity contribution in [3.63, 3.8) is 0 Å². The van der Waals surface area contributed by atoms with Crippen molar-refractivity contribution in [2.24, 2.45) is 0 Å². The predicted octanol–water partition coefficient (Wildman–Crippen LogP) is 21.0. The van der Waals surface area contributed by atoms with Crippen LogP contribution in [0.3, 0.4) is 0 Å². The molecule has 0 aliphatic heterocycles. The molecule has 0 aromatic heterocycles. The lowest BCUT2D eigenvalue weighted by atomic mass is 10.0. The largest absolute Gasteiger partial charge is 0.462 e. The van der Waals surface area contributed by atoms with E-state index in [-0.39, 0.29) is 31.6 Å². The van der Waals surface area contributed by atoms with Gasteiger partial charge in [0.2, 0.25) is 0 Å². The second kappa shape index (κ2) is 61.6. The van der Waals surface area contributed by atoms with E-state index in [1.54, 1.807) is 0 Å².